The Labute approximate surface area is 207 Å². The minimum atomic E-state index is -0.366. The summed E-state index contributed by atoms with van der Waals surface area (Å²) in [7, 11) is 0. The first-order valence-corrected chi connectivity index (χ1v) is 12.9. The van der Waals surface area contributed by atoms with Gasteiger partial charge in [0.25, 0.3) is 0 Å². The molecule has 0 bridgehead atoms. The van der Waals surface area contributed by atoms with Gasteiger partial charge in [-0.2, -0.15) is 5.26 Å². The number of rotatable bonds is 7. The third-order valence-corrected chi connectivity index (χ3v) is 7.83. The van der Waals surface area contributed by atoms with Crippen molar-refractivity contribution >= 4 is 51.7 Å². The van der Waals surface area contributed by atoms with E-state index in [2.05, 4.69) is 16.7 Å². The van der Waals surface area contributed by atoms with Gasteiger partial charge in [0.15, 0.2) is 0 Å². The molecule has 0 fully saturated rings. The molecule has 1 aliphatic rings. The van der Waals surface area contributed by atoms with Gasteiger partial charge in [0.05, 0.1) is 10.8 Å². The molecule has 4 rings (SSSR count). The molecule has 1 atom stereocenters. The predicted molar refractivity (Wildman–Crippen MR) is 140 cm³/mol. The van der Waals surface area contributed by atoms with Crippen LogP contribution < -0.4 is 10.6 Å². The minimum Gasteiger partial charge on any atom is -0.322 e. The highest BCUT2D eigenvalue weighted by molar-refractivity contribution is 8.00. The van der Waals surface area contributed by atoms with Crippen LogP contribution in [-0.4, -0.2) is 17.1 Å². The molecule has 0 aliphatic heterocycles. The van der Waals surface area contributed by atoms with E-state index in [1.54, 1.807) is 6.08 Å². The number of hydrogen-bond acceptors (Lipinski definition) is 5. The summed E-state index contributed by atoms with van der Waals surface area (Å²) in [6, 6.07) is 19.3. The van der Waals surface area contributed by atoms with Crippen molar-refractivity contribution < 1.29 is 9.59 Å². The molecular formula is C27H25N3O2S2. The third-order valence-electron chi connectivity index (χ3n) is 5.53. The summed E-state index contributed by atoms with van der Waals surface area (Å²) < 4.78 is 0. The number of hydrogen-bond donors (Lipinski definition) is 2. The van der Waals surface area contributed by atoms with E-state index >= 15 is 0 Å². The van der Waals surface area contributed by atoms with Crippen LogP contribution in [0.1, 0.15) is 41.3 Å². The predicted octanol–water partition coefficient (Wildman–Crippen LogP) is 6.27. The molecule has 0 spiro atoms. The zero-order valence-corrected chi connectivity index (χ0v) is 20.5. The molecule has 1 aliphatic carbocycles. The van der Waals surface area contributed by atoms with E-state index in [1.807, 2.05) is 61.5 Å². The highest BCUT2D eigenvalue weighted by Gasteiger charge is 2.23. The SMILES string of the molecule is CC(Sc1cccc(NC(=O)/C=C/c2ccccc2)c1)C(=O)Nc1sc2c(c1C#N)CCCC2. The van der Waals surface area contributed by atoms with E-state index in [0.717, 1.165) is 41.7 Å². The molecule has 1 aromatic heterocycles. The maximum Gasteiger partial charge on any atom is 0.248 e. The lowest BCUT2D eigenvalue weighted by atomic mass is 9.96. The van der Waals surface area contributed by atoms with Crippen LogP contribution in [0.5, 0.6) is 0 Å². The molecule has 0 saturated carbocycles. The van der Waals surface area contributed by atoms with Gasteiger partial charge in [-0.15, -0.1) is 23.1 Å². The number of benzene rings is 2. The van der Waals surface area contributed by atoms with Crippen LogP contribution in [0.3, 0.4) is 0 Å². The highest BCUT2D eigenvalue weighted by Crippen LogP contribution is 2.38. The summed E-state index contributed by atoms with van der Waals surface area (Å²) in [6.45, 7) is 1.84. The topological polar surface area (TPSA) is 82.0 Å². The fraction of sp³-hybridized carbons (Fsp3) is 0.222. The molecule has 2 N–H and O–H groups in total. The van der Waals surface area contributed by atoms with Crippen molar-refractivity contribution in [3.63, 3.8) is 0 Å². The number of aryl methyl sites for hydroxylation is 1. The molecule has 0 radical (unpaired) electrons. The van der Waals surface area contributed by atoms with Gasteiger partial charge in [-0.05, 0) is 68.0 Å². The van der Waals surface area contributed by atoms with Gasteiger partial charge >= 0.3 is 0 Å². The van der Waals surface area contributed by atoms with Crippen molar-refractivity contribution in [1.29, 1.82) is 5.26 Å². The fourth-order valence-electron chi connectivity index (χ4n) is 3.81. The van der Waals surface area contributed by atoms with Crippen LogP contribution in [0, 0.1) is 11.3 Å². The summed E-state index contributed by atoms with van der Waals surface area (Å²) in [4.78, 5) is 27.2. The number of thioether (sulfide) groups is 1. The molecule has 0 saturated heterocycles. The molecule has 1 unspecified atom stereocenters. The largest absolute Gasteiger partial charge is 0.322 e. The Balaban J connectivity index is 1.37. The van der Waals surface area contributed by atoms with Crippen LogP contribution >= 0.6 is 23.1 Å². The number of thiophene rings is 1. The van der Waals surface area contributed by atoms with E-state index in [-0.39, 0.29) is 17.1 Å². The monoisotopic (exact) mass is 487 g/mol. The van der Waals surface area contributed by atoms with Gasteiger partial charge < -0.3 is 10.6 Å². The molecule has 5 nitrogen and oxygen atoms in total. The molecular weight excluding hydrogens is 462 g/mol. The standard InChI is InChI=1S/C27H25N3O2S2/c1-18(26(32)30-27-23(17-28)22-12-5-6-13-24(22)34-27)33-21-11-7-10-20(16-21)29-25(31)15-14-19-8-3-2-4-9-19/h2-4,7-11,14-16,18H,5-6,12-13H2,1H3,(H,29,31)(H,30,32)/b15-14+. The number of carbonyl (C=O) groups excluding carboxylic acids is 2. The Morgan fingerprint density at radius 1 is 1.09 bits per heavy atom. The van der Waals surface area contributed by atoms with Crippen LogP contribution in [-0.2, 0) is 22.4 Å². The van der Waals surface area contributed by atoms with Crippen molar-refractivity contribution in [2.75, 3.05) is 10.6 Å². The average molecular weight is 488 g/mol. The first-order chi connectivity index (χ1) is 16.5. The molecule has 2 amide bonds. The summed E-state index contributed by atoms with van der Waals surface area (Å²) in [6.07, 6.45) is 7.37. The Hall–Kier alpha value is -3.34. The first kappa shape index (κ1) is 23.8. The van der Waals surface area contributed by atoms with E-state index in [1.165, 1.54) is 34.1 Å². The van der Waals surface area contributed by atoms with Crippen molar-refractivity contribution in [2.24, 2.45) is 0 Å². The molecule has 7 heteroatoms. The molecule has 3 aromatic rings. The Morgan fingerprint density at radius 3 is 2.68 bits per heavy atom. The van der Waals surface area contributed by atoms with Crippen LogP contribution in [0.15, 0.2) is 65.6 Å². The van der Waals surface area contributed by atoms with Crippen molar-refractivity contribution in [3.05, 3.63) is 82.2 Å². The smallest absolute Gasteiger partial charge is 0.248 e. The lowest BCUT2D eigenvalue weighted by Gasteiger charge is -2.12. The first-order valence-electron chi connectivity index (χ1n) is 11.2. The van der Waals surface area contributed by atoms with Crippen LogP contribution in [0.4, 0.5) is 10.7 Å². The lowest BCUT2D eigenvalue weighted by molar-refractivity contribution is -0.115. The summed E-state index contributed by atoms with van der Waals surface area (Å²) >= 11 is 2.94. The van der Waals surface area contributed by atoms with Crippen molar-refractivity contribution in [3.8, 4) is 6.07 Å². The number of fused-ring (bicyclic) bond motifs is 1. The zero-order valence-electron chi connectivity index (χ0n) is 18.8. The summed E-state index contributed by atoms with van der Waals surface area (Å²) in [5.74, 6) is -0.359. The Kier molecular flexibility index (Phi) is 7.84. The van der Waals surface area contributed by atoms with Gasteiger partial charge in [0.2, 0.25) is 11.8 Å². The van der Waals surface area contributed by atoms with Gasteiger partial charge in [-0.25, -0.2) is 0 Å². The highest BCUT2D eigenvalue weighted by atomic mass is 32.2. The number of nitriles is 1. The number of carbonyl (C=O) groups is 2. The van der Waals surface area contributed by atoms with E-state index in [9.17, 15) is 14.9 Å². The van der Waals surface area contributed by atoms with Crippen molar-refractivity contribution in [2.45, 2.75) is 42.8 Å². The second-order valence-corrected chi connectivity index (χ2v) is 10.6. The summed E-state index contributed by atoms with van der Waals surface area (Å²) in [5, 5.41) is 15.8. The van der Waals surface area contributed by atoms with E-state index in [0.29, 0.717) is 16.3 Å². The maximum atomic E-state index is 12.9. The normalized spacial score (nSPS) is 13.6. The summed E-state index contributed by atoms with van der Waals surface area (Å²) in [5.41, 5.74) is 3.35. The van der Waals surface area contributed by atoms with Gasteiger partial charge in [0, 0.05) is 21.5 Å². The molecule has 34 heavy (non-hydrogen) atoms. The minimum absolute atomic E-state index is 0.139. The van der Waals surface area contributed by atoms with Gasteiger partial charge in [0.1, 0.15) is 11.1 Å². The second-order valence-electron chi connectivity index (χ2n) is 8.04. The quantitative estimate of drug-likeness (QED) is 0.304. The number of anilines is 2. The third kappa shape index (κ3) is 5.96. The van der Waals surface area contributed by atoms with Crippen LogP contribution in [0.2, 0.25) is 0 Å². The zero-order chi connectivity index (χ0) is 23.9. The van der Waals surface area contributed by atoms with E-state index < -0.39 is 0 Å². The lowest BCUT2D eigenvalue weighted by Crippen LogP contribution is -2.22. The van der Waals surface area contributed by atoms with Crippen molar-refractivity contribution in [1.82, 2.24) is 0 Å². The van der Waals surface area contributed by atoms with Gasteiger partial charge in [-0.3, -0.25) is 9.59 Å². The Morgan fingerprint density at radius 2 is 1.88 bits per heavy atom. The molecule has 172 valence electrons. The van der Waals surface area contributed by atoms with Crippen LogP contribution in [0.25, 0.3) is 6.08 Å². The number of amides is 2. The maximum absolute atomic E-state index is 12.9. The fourth-order valence-corrected chi connectivity index (χ4v) is 5.98. The molecule has 2 aromatic carbocycles. The second kappa shape index (κ2) is 11.2. The van der Waals surface area contributed by atoms with E-state index in [4.69, 9.17) is 0 Å². The van der Waals surface area contributed by atoms with Gasteiger partial charge in [-0.1, -0.05) is 36.4 Å². The Bertz CT molecular complexity index is 1260. The average Bonchev–Trinajstić information content (AvgIpc) is 3.20. The molecule has 1 heterocycles. The number of nitrogens with one attached hydrogen (secondary N) is 2. The number of nitrogens with zero attached hydrogens (tertiary/aromatic N) is 1.